The van der Waals surface area contributed by atoms with Crippen LogP contribution in [0.4, 0.5) is 0 Å². The van der Waals surface area contributed by atoms with Crippen molar-refractivity contribution in [3.63, 3.8) is 0 Å². The van der Waals surface area contributed by atoms with Gasteiger partial charge in [0, 0.05) is 12.1 Å². The molecule has 0 spiro atoms. The van der Waals surface area contributed by atoms with Gasteiger partial charge in [0.1, 0.15) is 0 Å². The summed E-state index contributed by atoms with van der Waals surface area (Å²) in [4.78, 5) is 0. The monoisotopic (exact) mass is 195 g/mol. The largest absolute Gasteiger partial charge is 0.472 e. The normalized spacial score (nSPS) is 10.6. The molecule has 1 aromatic rings. The quantitative estimate of drug-likeness (QED) is 0.644. The van der Waals surface area contributed by atoms with Crippen LogP contribution in [0.1, 0.15) is 44.6 Å². The van der Waals surface area contributed by atoms with Gasteiger partial charge in [-0.2, -0.15) is 0 Å². The third-order valence-electron chi connectivity index (χ3n) is 2.37. The van der Waals surface area contributed by atoms with Crippen LogP contribution >= 0.6 is 0 Å². The van der Waals surface area contributed by atoms with Crippen LogP contribution in [0.3, 0.4) is 0 Å². The van der Waals surface area contributed by atoms with Gasteiger partial charge in [0.2, 0.25) is 0 Å². The van der Waals surface area contributed by atoms with Crippen molar-refractivity contribution < 1.29 is 4.42 Å². The molecule has 14 heavy (non-hydrogen) atoms. The van der Waals surface area contributed by atoms with E-state index in [1.807, 2.05) is 6.07 Å². The molecule has 0 saturated heterocycles. The predicted octanol–water partition coefficient (Wildman–Crippen LogP) is 3.34. The van der Waals surface area contributed by atoms with E-state index in [4.69, 9.17) is 4.42 Å². The lowest BCUT2D eigenvalue weighted by atomic mass is 10.1. The van der Waals surface area contributed by atoms with Gasteiger partial charge in [0.25, 0.3) is 0 Å². The first-order valence-electron chi connectivity index (χ1n) is 5.65. The van der Waals surface area contributed by atoms with Crippen LogP contribution < -0.4 is 5.32 Å². The Morgan fingerprint density at radius 3 is 2.79 bits per heavy atom. The summed E-state index contributed by atoms with van der Waals surface area (Å²) in [7, 11) is 0. The van der Waals surface area contributed by atoms with Gasteiger partial charge in [-0.1, -0.05) is 32.6 Å². The minimum absolute atomic E-state index is 0.935. The Balaban J connectivity index is 1.85. The molecule has 2 heteroatoms. The maximum Gasteiger partial charge on any atom is 0.0947 e. The molecule has 0 aromatic carbocycles. The molecule has 0 aliphatic rings. The maximum absolute atomic E-state index is 4.98. The number of furan rings is 1. The molecule has 0 radical (unpaired) electrons. The number of hydrogen-bond acceptors (Lipinski definition) is 2. The molecule has 1 aromatic heterocycles. The molecular formula is C12H21NO. The van der Waals surface area contributed by atoms with Gasteiger partial charge in [-0.15, -0.1) is 0 Å². The second kappa shape index (κ2) is 7.63. The molecule has 1 rings (SSSR count). The van der Waals surface area contributed by atoms with Crippen LogP contribution in [0.2, 0.25) is 0 Å². The lowest BCUT2D eigenvalue weighted by molar-refractivity contribution is 0.555. The van der Waals surface area contributed by atoms with Crippen molar-refractivity contribution in [3.8, 4) is 0 Å². The first kappa shape index (κ1) is 11.3. The third kappa shape index (κ3) is 5.07. The highest BCUT2D eigenvalue weighted by atomic mass is 16.3. The van der Waals surface area contributed by atoms with E-state index in [9.17, 15) is 0 Å². The number of hydrogen-bond donors (Lipinski definition) is 1. The Labute approximate surface area is 86.7 Å². The minimum atomic E-state index is 0.935. The van der Waals surface area contributed by atoms with E-state index in [0.717, 1.165) is 13.1 Å². The molecule has 80 valence electrons. The highest BCUT2D eigenvalue weighted by molar-refractivity contribution is 5.04. The molecule has 1 heterocycles. The summed E-state index contributed by atoms with van der Waals surface area (Å²) >= 11 is 0. The average Bonchev–Trinajstić information content (AvgIpc) is 2.69. The van der Waals surface area contributed by atoms with E-state index < -0.39 is 0 Å². The molecule has 0 bridgehead atoms. The van der Waals surface area contributed by atoms with Crippen molar-refractivity contribution in [2.75, 3.05) is 6.54 Å². The Kier molecular flexibility index (Phi) is 6.16. The summed E-state index contributed by atoms with van der Waals surface area (Å²) in [5.41, 5.74) is 1.23. The third-order valence-corrected chi connectivity index (χ3v) is 2.37. The Hall–Kier alpha value is -0.760. The lowest BCUT2D eigenvalue weighted by Gasteiger charge is -2.02. The highest BCUT2D eigenvalue weighted by Gasteiger charge is 1.93. The summed E-state index contributed by atoms with van der Waals surface area (Å²) in [6.07, 6.45) is 10.2. The van der Waals surface area contributed by atoms with E-state index in [1.54, 1.807) is 12.5 Å². The summed E-state index contributed by atoms with van der Waals surface area (Å²) in [6, 6.07) is 2.00. The first-order chi connectivity index (χ1) is 6.93. The zero-order chi connectivity index (χ0) is 10.1. The first-order valence-corrected chi connectivity index (χ1v) is 5.65. The van der Waals surface area contributed by atoms with Gasteiger partial charge in [-0.3, -0.25) is 0 Å². The van der Waals surface area contributed by atoms with Crippen molar-refractivity contribution in [3.05, 3.63) is 24.2 Å². The fourth-order valence-corrected chi connectivity index (χ4v) is 1.48. The van der Waals surface area contributed by atoms with Gasteiger partial charge in [0.05, 0.1) is 12.5 Å². The molecule has 0 aliphatic carbocycles. The molecule has 2 nitrogen and oxygen atoms in total. The number of unbranched alkanes of at least 4 members (excludes halogenated alkanes) is 4. The number of nitrogens with one attached hydrogen (secondary N) is 1. The fraction of sp³-hybridized carbons (Fsp3) is 0.667. The molecule has 0 amide bonds. The van der Waals surface area contributed by atoms with E-state index in [1.165, 1.54) is 37.7 Å². The van der Waals surface area contributed by atoms with Gasteiger partial charge >= 0.3 is 0 Å². The zero-order valence-corrected chi connectivity index (χ0v) is 9.09. The van der Waals surface area contributed by atoms with E-state index in [-0.39, 0.29) is 0 Å². The van der Waals surface area contributed by atoms with E-state index in [2.05, 4.69) is 12.2 Å². The molecular weight excluding hydrogens is 174 g/mol. The Morgan fingerprint density at radius 1 is 1.21 bits per heavy atom. The fourth-order valence-electron chi connectivity index (χ4n) is 1.48. The minimum Gasteiger partial charge on any atom is -0.472 e. The van der Waals surface area contributed by atoms with E-state index in [0.29, 0.717) is 0 Å². The van der Waals surface area contributed by atoms with Crippen molar-refractivity contribution in [2.45, 2.75) is 45.6 Å². The van der Waals surface area contributed by atoms with Crippen molar-refractivity contribution in [2.24, 2.45) is 0 Å². The van der Waals surface area contributed by atoms with Gasteiger partial charge in [-0.25, -0.2) is 0 Å². The van der Waals surface area contributed by atoms with Crippen molar-refractivity contribution in [1.29, 1.82) is 0 Å². The molecule has 0 unspecified atom stereocenters. The smallest absolute Gasteiger partial charge is 0.0947 e. The van der Waals surface area contributed by atoms with Crippen LogP contribution in [-0.4, -0.2) is 6.54 Å². The second-order valence-electron chi connectivity index (χ2n) is 3.72. The SMILES string of the molecule is CCCCCCCNCc1ccoc1. The van der Waals surface area contributed by atoms with Crippen molar-refractivity contribution >= 4 is 0 Å². The van der Waals surface area contributed by atoms with Crippen LogP contribution in [0, 0.1) is 0 Å². The molecule has 0 fully saturated rings. The predicted molar refractivity (Wildman–Crippen MR) is 59.2 cm³/mol. The molecule has 1 N–H and O–H groups in total. The zero-order valence-electron chi connectivity index (χ0n) is 9.09. The summed E-state index contributed by atoms with van der Waals surface area (Å²) in [5.74, 6) is 0. The molecule has 0 saturated carbocycles. The second-order valence-corrected chi connectivity index (χ2v) is 3.72. The topological polar surface area (TPSA) is 25.2 Å². The van der Waals surface area contributed by atoms with Crippen LogP contribution in [0.5, 0.6) is 0 Å². The summed E-state index contributed by atoms with van der Waals surface area (Å²) in [6.45, 7) is 4.30. The van der Waals surface area contributed by atoms with Gasteiger partial charge < -0.3 is 9.73 Å². The summed E-state index contributed by atoms with van der Waals surface area (Å²) in [5, 5.41) is 3.40. The lowest BCUT2D eigenvalue weighted by Crippen LogP contribution is -2.13. The average molecular weight is 195 g/mol. The van der Waals surface area contributed by atoms with Gasteiger partial charge in [0.15, 0.2) is 0 Å². The molecule has 0 atom stereocenters. The van der Waals surface area contributed by atoms with Gasteiger partial charge in [-0.05, 0) is 19.0 Å². The number of rotatable bonds is 8. The summed E-state index contributed by atoms with van der Waals surface area (Å²) < 4.78 is 4.98. The van der Waals surface area contributed by atoms with Crippen LogP contribution in [0.25, 0.3) is 0 Å². The van der Waals surface area contributed by atoms with Crippen molar-refractivity contribution in [1.82, 2.24) is 5.32 Å². The maximum atomic E-state index is 4.98. The molecule has 0 aliphatic heterocycles. The standard InChI is InChI=1S/C12H21NO/c1-2-3-4-5-6-8-13-10-12-7-9-14-11-12/h7,9,11,13H,2-6,8,10H2,1H3. The Bertz CT molecular complexity index is 206. The highest BCUT2D eigenvalue weighted by Crippen LogP contribution is 2.02. The van der Waals surface area contributed by atoms with E-state index >= 15 is 0 Å². The van der Waals surface area contributed by atoms with Crippen LogP contribution in [0.15, 0.2) is 23.0 Å². The Morgan fingerprint density at radius 2 is 2.07 bits per heavy atom. The van der Waals surface area contributed by atoms with Crippen LogP contribution in [-0.2, 0) is 6.54 Å².